The maximum Gasteiger partial charge on any atom is 0.326 e. The number of carbonyl (C=O) groups excluding carboxylic acids is 1. The van der Waals surface area contributed by atoms with Crippen LogP contribution in [0.2, 0.25) is 0 Å². The fourth-order valence-electron chi connectivity index (χ4n) is 2.66. The predicted octanol–water partition coefficient (Wildman–Crippen LogP) is -0.519. The Kier molecular flexibility index (Phi) is 9.99. The number of hydrogen-bond donors (Lipinski definition) is 5. The number of rotatable bonds is 9. The molecule has 0 heterocycles. The second kappa shape index (κ2) is 11.3. The number of hydrogen-bond acceptors (Lipinski definition) is 7. The molecule has 2 rings (SSSR count). The normalized spacial score (nSPS) is 13.5. The van der Waals surface area contributed by atoms with Crippen molar-refractivity contribution in [1.82, 2.24) is 5.32 Å². The van der Waals surface area contributed by atoms with Crippen molar-refractivity contribution in [3.8, 4) is 0 Å². The Morgan fingerprint density at radius 1 is 0.812 bits per heavy atom. The minimum absolute atomic E-state index is 0. The maximum absolute atomic E-state index is 12.3. The van der Waals surface area contributed by atoms with Crippen molar-refractivity contribution in [2.45, 2.75) is 34.7 Å². The van der Waals surface area contributed by atoms with Gasteiger partial charge < -0.3 is 16.2 Å². The molecule has 0 aromatic heterocycles. The van der Waals surface area contributed by atoms with Crippen LogP contribution in [0.1, 0.15) is 11.1 Å². The summed E-state index contributed by atoms with van der Waals surface area (Å²) in [5.74, 6) is -2.10. The molecule has 6 N–H and O–H groups in total. The van der Waals surface area contributed by atoms with Crippen LogP contribution in [0.5, 0.6) is 0 Å². The molecule has 14 heteroatoms. The molecule has 2 atom stereocenters. The van der Waals surface area contributed by atoms with E-state index in [0.29, 0.717) is 11.1 Å². The smallest absolute Gasteiger partial charge is 0.326 e. The molecule has 0 spiro atoms. The van der Waals surface area contributed by atoms with Crippen LogP contribution in [0.4, 0.5) is 0 Å². The van der Waals surface area contributed by atoms with Crippen molar-refractivity contribution in [3.63, 3.8) is 0 Å². The van der Waals surface area contributed by atoms with E-state index in [9.17, 15) is 31.5 Å². The molecule has 11 nitrogen and oxygen atoms in total. The number of carbonyl (C=O) groups is 2. The second-order valence-electron chi connectivity index (χ2n) is 6.65. The van der Waals surface area contributed by atoms with Gasteiger partial charge in [-0.3, -0.25) is 13.9 Å². The quantitative estimate of drug-likeness (QED) is 0.223. The van der Waals surface area contributed by atoms with Crippen LogP contribution in [-0.2, 0) is 42.7 Å². The van der Waals surface area contributed by atoms with Gasteiger partial charge in [-0.05, 0) is 41.8 Å². The van der Waals surface area contributed by atoms with E-state index >= 15 is 0 Å². The maximum atomic E-state index is 12.3. The molecule has 1 radical (unpaired) electrons. The molecule has 0 saturated heterocycles. The monoisotopic (exact) mass is 495 g/mol. The van der Waals surface area contributed by atoms with E-state index in [2.05, 4.69) is 5.32 Å². The Morgan fingerprint density at radius 2 is 1.19 bits per heavy atom. The van der Waals surface area contributed by atoms with Crippen LogP contribution in [0, 0.1) is 0 Å². The Balaban J connectivity index is 0.00000512. The number of amides is 1. The van der Waals surface area contributed by atoms with Crippen LogP contribution in [-0.4, -0.2) is 84.6 Å². The molecule has 0 aliphatic heterocycles. The number of nitrogens with two attached hydrogens (primary N) is 1. The fourth-order valence-corrected chi connectivity index (χ4v) is 3.62. The number of carboxylic acid groups (broad SMARTS) is 1. The molecule has 32 heavy (non-hydrogen) atoms. The van der Waals surface area contributed by atoms with Gasteiger partial charge in [-0.1, -0.05) is 24.3 Å². The topological polar surface area (TPSA) is 201 Å². The summed E-state index contributed by atoms with van der Waals surface area (Å²) in [6, 6.07) is 7.35. The third-order valence-corrected chi connectivity index (χ3v) is 6.02. The van der Waals surface area contributed by atoms with Gasteiger partial charge in [-0.25, -0.2) is 4.79 Å². The molecule has 0 aliphatic carbocycles. The van der Waals surface area contributed by atoms with Crippen molar-refractivity contribution in [3.05, 3.63) is 59.7 Å². The van der Waals surface area contributed by atoms with Gasteiger partial charge in [-0.2, -0.15) is 16.8 Å². The number of aliphatic carboxylic acids is 1. The Labute approximate surface area is 206 Å². The van der Waals surface area contributed by atoms with E-state index in [-0.39, 0.29) is 52.2 Å². The van der Waals surface area contributed by atoms with Gasteiger partial charge in [0, 0.05) is 36.0 Å². The molecule has 0 fully saturated rings. The van der Waals surface area contributed by atoms with Crippen LogP contribution in [0.3, 0.4) is 0 Å². The SMILES string of the molecule is NC(Cc1ccc(S(=O)(=O)O)cc1)C(=O)NC(Cc1ccc(S(=O)(=O)O)cc1)C(=O)O.[Na]. The van der Waals surface area contributed by atoms with Crippen molar-refractivity contribution in [1.29, 1.82) is 0 Å². The average molecular weight is 495 g/mol. The van der Waals surface area contributed by atoms with Crippen molar-refractivity contribution >= 4 is 61.7 Å². The van der Waals surface area contributed by atoms with Crippen molar-refractivity contribution in [2.75, 3.05) is 0 Å². The number of nitrogens with one attached hydrogen (secondary N) is 1. The van der Waals surface area contributed by atoms with E-state index in [1.54, 1.807) is 0 Å². The Morgan fingerprint density at radius 3 is 1.53 bits per heavy atom. The summed E-state index contributed by atoms with van der Waals surface area (Å²) >= 11 is 0. The Bertz CT molecular complexity index is 1170. The second-order valence-corrected chi connectivity index (χ2v) is 9.50. The molecule has 2 aromatic rings. The van der Waals surface area contributed by atoms with E-state index in [1.807, 2.05) is 0 Å². The molecule has 0 bridgehead atoms. The summed E-state index contributed by atoms with van der Waals surface area (Å²) in [6.45, 7) is 0. The molecule has 2 unspecified atom stereocenters. The predicted molar refractivity (Wildman–Crippen MR) is 113 cm³/mol. The van der Waals surface area contributed by atoms with E-state index in [0.717, 1.165) is 24.3 Å². The fraction of sp³-hybridized carbons (Fsp3) is 0.222. The largest absolute Gasteiger partial charge is 0.480 e. The summed E-state index contributed by atoms with van der Waals surface area (Å²) in [6.07, 6.45) is -0.185. The number of carboxylic acids is 1. The van der Waals surface area contributed by atoms with Crippen molar-refractivity contribution in [2.24, 2.45) is 5.73 Å². The van der Waals surface area contributed by atoms with Gasteiger partial charge in [0.05, 0.1) is 15.8 Å². The van der Waals surface area contributed by atoms with E-state index < -0.39 is 44.2 Å². The van der Waals surface area contributed by atoms with Crippen molar-refractivity contribution < 1.29 is 40.6 Å². The minimum Gasteiger partial charge on any atom is -0.480 e. The standard InChI is InChI=1S/C18H20N2O9S2.Na/c19-15(9-11-1-5-13(6-2-11)30(24,25)26)17(21)20-16(18(22)23)10-12-3-7-14(8-4-12)31(27,28)29;/h1-8,15-16H,9-10,19H2,(H,20,21)(H,22,23)(H,24,25,26)(H,27,28,29);. The molecule has 0 aliphatic rings. The molecular formula is C18H20N2NaO9S2. The summed E-state index contributed by atoms with van der Waals surface area (Å²) < 4.78 is 62.1. The zero-order valence-electron chi connectivity index (χ0n) is 16.9. The molecular weight excluding hydrogens is 475 g/mol. The first-order valence-corrected chi connectivity index (χ1v) is 11.6. The van der Waals surface area contributed by atoms with Gasteiger partial charge in [0.25, 0.3) is 20.2 Å². The zero-order chi connectivity index (χ0) is 23.4. The van der Waals surface area contributed by atoms with E-state index in [1.165, 1.54) is 24.3 Å². The molecule has 169 valence electrons. The molecule has 2 aromatic carbocycles. The molecule has 1 amide bonds. The average Bonchev–Trinajstić information content (AvgIpc) is 2.66. The van der Waals surface area contributed by atoms with Crippen LogP contribution < -0.4 is 11.1 Å². The van der Waals surface area contributed by atoms with Gasteiger partial charge in [0.15, 0.2) is 0 Å². The zero-order valence-corrected chi connectivity index (χ0v) is 20.5. The number of benzene rings is 2. The van der Waals surface area contributed by atoms with Crippen LogP contribution in [0.15, 0.2) is 58.3 Å². The summed E-state index contributed by atoms with van der Waals surface area (Å²) in [4.78, 5) is 23.2. The summed E-state index contributed by atoms with van der Waals surface area (Å²) in [5.41, 5.74) is 6.70. The summed E-state index contributed by atoms with van der Waals surface area (Å²) in [7, 11) is -8.74. The van der Waals surface area contributed by atoms with E-state index in [4.69, 9.17) is 14.8 Å². The third-order valence-electron chi connectivity index (χ3n) is 4.29. The van der Waals surface area contributed by atoms with Crippen LogP contribution >= 0.6 is 0 Å². The minimum atomic E-state index is -4.39. The van der Waals surface area contributed by atoms with Gasteiger partial charge in [-0.15, -0.1) is 0 Å². The molecule has 0 saturated carbocycles. The first-order chi connectivity index (χ1) is 14.3. The Hall–Kier alpha value is -1.84. The van der Waals surface area contributed by atoms with Gasteiger partial charge in [0.1, 0.15) is 6.04 Å². The van der Waals surface area contributed by atoms with Gasteiger partial charge >= 0.3 is 5.97 Å². The van der Waals surface area contributed by atoms with Crippen LogP contribution in [0.25, 0.3) is 0 Å². The van der Waals surface area contributed by atoms with Gasteiger partial charge in [0.2, 0.25) is 5.91 Å². The third kappa shape index (κ3) is 8.26. The summed E-state index contributed by atoms with van der Waals surface area (Å²) in [5, 5.41) is 11.7. The first kappa shape index (κ1) is 28.2. The first-order valence-electron chi connectivity index (χ1n) is 8.69.